The van der Waals surface area contributed by atoms with Gasteiger partial charge in [0.15, 0.2) is 0 Å². The molecule has 4 heteroatoms. The summed E-state index contributed by atoms with van der Waals surface area (Å²) in [6.07, 6.45) is 3.18. The second-order valence-corrected chi connectivity index (χ2v) is 2.42. The predicted octanol–water partition coefficient (Wildman–Crippen LogP) is 1.64. The van der Waals surface area contributed by atoms with E-state index in [1.165, 1.54) is 0 Å². The van der Waals surface area contributed by atoms with E-state index >= 15 is 0 Å². The van der Waals surface area contributed by atoms with E-state index in [1.54, 1.807) is 12.4 Å². The molecule has 0 aliphatic heterocycles. The molecular weight excluding hydrogens is 196 g/mol. The average Bonchev–Trinajstić information content (AvgIpc) is 1.95. The lowest BCUT2D eigenvalue weighted by Gasteiger charge is -1.98. The molecule has 0 atom stereocenters. The lowest BCUT2D eigenvalue weighted by atomic mass is 10.7. The van der Waals surface area contributed by atoms with Gasteiger partial charge in [-0.2, -0.15) is 0 Å². The zero-order valence-electron chi connectivity index (χ0n) is 5.54. The molecule has 0 saturated heterocycles. The predicted molar refractivity (Wildman–Crippen MR) is 40.9 cm³/mol. The number of ether oxygens (including phenoxy) is 1. The Bertz CT molecular complexity index is 199. The van der Waals surface area contributed by atoms with Crippen LogP contribution in [0.3, 0.4) is 0 Å². The zero-order chi connectivity index (χ0) is 7.40. The van der Waals surface area contributed by atoms with Gasteiger partial charge in [0.25, 0.3) is 0 Å². The number of nitrogens with zero attached hydrogens (tertiary/aromatic N) is 2. The third kappa shape index (κ3) is 1.95. The summed E-state index contributed by atoms with van der Waals surface area (Å²) in [5.41, 5.74) is 0. The van der Waals surface area contributed by atoms with Crippen molar-refractivity contribution in [2.24, 2.45) is 0 Å². The number of hydrogen-bond donors (Lipinski definition) is 0. The first-order chi connectivity index (χ1) is 4.83. The van der Waals surface area contributed by atoms with Crippen molar-refractivity contribution in [3.8, 4) is 5.88 Å². The molecule has 54 valence electrons. The molecule has 0 fully saturated rings. The summed E-state index contributed by atoms with van der Waals surface area (Å²) in [4.78, 5) is 7.86. The van der Waals surface area contributed by atoms with Crippen LogP contribution in [0, 0.1) is 0 Å². The van der Waals surface area contributed by atoms with Crippen LogP contribution in [0.4, 0.5) is 0 Å². The van der Waals surface area contributed by atoms with Gasteiger partial charge >= 0.3 is 0 Å². The molecule has 3 nitrogen and oxygen atoms in total. The van der Waals surface area contributed by atoms with E-state index in [4.69, 9.17) is 4.74 Å². The maximum atomic E-state index is 5.07. The van der Waals surface area contributed by atoms with Crippen molar-refractivity contribution in [1.82, 2.24) is 9.97 Å². The highest BCUT2D eigenvalue weighted by molar-refractivity contribution is 9.10. The van der Waals surface area contributed by atoms with Gasteiger partial charge in [-0.05, 0) is 22.9 Å². The van der Waals surface area contributed by atoms with Crippen molar-refractivity contribution in [2.45, 2.75) is 6.92 Å². The molecule has 0 aromatic carbocycles. The first kappa shape index (κ1) is 7.47. The van der Waals surface area contributed by atoms with Gasteiger partial charge in [0.05, 0.1) is 19.0 Å². The van der Waals surface area contributed by atoms with Gasteiger partial charge in [-0.25, -0.2) is 9.97 Å². The molecule has 0 spiro atoms. The average molecular weight is 203 g/mol. The van der Waals surface area contributed by atoms with E-state index < -0.39 is 0 Å². The third-order valence-corrected chi connectivity index (χ3v) is 1.30. The van der Waals surface area contributed by atoms with Gasteiger partial charge in [-0.3, -0.25) is 0 Å². The summed E-state index contributed by atoms with van der Waals surface area (Å²) in [6.45, 7) is 2.53. The van der Waals surface area contributed by atoms with Crippen LogP contribution in [0.2, 0.25) is 0 Å². The highest BCUT2D eigenvalue weighted by atomic mass is 79.9. The Hall–Kier alpha value is -0.640. The molecule has 10 heavy (non-hydrogen) atoms. The fourth-order valence-electron chi connectivity index (χ4n) is 0.523. The summed E-state index contributed by atoms with van der Waals surface area (Å²) in [7, 11) is 0. The van der Waals surface area contributed by atoms with Crippen LogP contribution in [0.1, 0.15) is 6.92 Å². The first-order valence-corrected chi connectivity index (χ1v) is 3.72. The smallest absolute Gasteiger partial charge is 0.232 e. The Kier molecular flexibility index (Phi) is 2.62. The number of halogens is 1. The molecule has 0 bridgehead atoms. The van der Waals surface area contributed by atoms with E-state index in [9.17, 15) is 0 Å². The zero-order valence-corrected chi connectivity index (χ0v) is 7.13. The molecule has 0 radical (unpaired) electrons. The molecule has 0 amide bonds. The molecule has 0 saturated carbocycles. The molecule has 1 aromatic heterocycles. The monoisotopic (exact) mass is 202 g/mol. The minimum Gasteiger partial charge on any atom is -0.477 e. The Morgan fingerprint density at radius 1 is 1.50 bits per heavy atom. The topological polar surface area (TPSA) is 35.0 Å². The van der Waals surface area contributed by atoms with Crippen LogP contribution in [0.5, 0.6) is 5.88 Å². The van der Waals surface area contributed by atoms with E-state index in [0.29, 0.717) is 12.5 Å². The lowest BCUT2D eigenvalue weighted by Crippen LogP contribution is -1.94. The maximum absolute atomic E-state index is 5.07. The van der Waals surface area contributed by atoms with Crippen LogP contribution in [0.15, 0.2) is 17.0 Å². The summed E-state index contributed by atoms with van der Waals surface area (Å²) in [5.74, 6) is 0.561. The van der Waals surface area contributed by atoms with Gasteiger partial charge in [0.2, 0.25) is 5.88 Å². The summed E-state index contributed by atoms with van der Waals surface area (Å²) < 4.78 is 5.78. The maximum Gasteiger partial charge on any atom is 0.232 e. The van der Waals surface area contributed by atoms with Crippen LogP contribution < -0.4 is 4.74 Å². The molecule has 0 N–H and O–H groups in total. The van der Waals surface area contributed by atoms with E-state index in [1.807, 2.05) is 6.92 Å². The third-order valence-electron chi connectivity index (χ3n) is 0.889. The summed E-state index contributed by atoms with van der Waals surface area (Å²) in [6, 6.07) is 0. The van der Waals surface area contributed by atoms with Gasteiger partial charge < -0.3 is 4.74 Å². The standard InChI is InChI=1S/C6H7BrN2O/c1-2-10-6-4-8-5(7)3-9-6/h3-4H,2H2,1H3. The van der Waals surface area contributed by atoms with Crippen LogP contribution in [0.25, 0.3) is 0 Å². The van der Waals surface area contributed by atoms with Crippen LogP contribution in [-0.4, -0.2) is 16.6 Å². The second-order valence-electron chi connectivity index (χ2n) is 1.61. The van der Waals surface area contributed by atoms with Gasteiger partial charge in [0, 0.05) is 0 Å². The number of rotatable bonds is 2. The Labute approximate surface area is 67.6 Å². The minimum absolute atomic E-state index is 0.561. The van der Waals surface area contributed by atoms with E-state index in [-0.39, 0.29) is 0 Å². The minimum atomic E-state index is 0.561. The largest absolute Gasteiger partial charge is 0.477 e. The van der Waals surface area contributed by atoms with Crippen molar-refractivity contribution in [3.63, 3.8) is 0 Å². The molecular formula is C6H7BrN2O. The van der Waals surface area contributed by atoms with Gasteiger partial charge in [-0.15, -0.1) is 0 Å². The van der Waals surface area contributed by atoms with Crippen molar-refractivity contribution >= 4 is 15.9 Å². The molecule has 1 rings (SSSR count). The van der Waals surface area contributed by atoms with Gasteiger partial charge in [-0.1, -0.05) is 0 Å². The second kappa shape index (κ2) is 3.51. The van der Waals surface area contributed by atoms with Gasteiger partial charge in [0.1, 0.15) is 4.60 Å². The lowest BCUT2D eigenvalue weighted by molar-refractivity contribution is 0.325. The fraction of sp³-hybridized carbons (Fsp3) is 0.333. The SMILES string of the molecule is CCOc1cnc(Br)cn1. The molecule has 1 heterocycles. The van der Waals surface area contributed by atoms with E-state index in [0.717, 1.165) is 4.60 Å². The summed E-state index contributed by atoms with van der Waals surface area (Å²) in [5, 5.41) is 0. The quantitative estimate of drug-likeness (QED) is 0.732. The molecule has 0 aliphatic carbocycles. The van der Waals surface area contributed by atoms with Crippen molar-refractivity contribution in [1.29, 1.82) is 0 Å². The molecule has 0 unspecified atom stereocenters. The van der Waals surface area contributed by atoms with Crippen molar-refractivity contribution in [2.75, 3.05) is 6.61 Å². The van der Waals surface area contributed by atoms with Crippen molar-refractivity contribution in [3.05, 3.63) is 17.0 Å². The fourth-order valence-corrected chi connectivity index (χ4v) is 0.728. The Balaban J connectivity index is 2.69. The van der Waals surface area contributed by atoms with Crippen LogP contribution >= 0.6 is 15.9 Å². The number of aromatic nitrogens is 2. The normalized spacial score (nSPS) is 9.40. The molecule has 0 aliphatic rings. The highest BCUT2D eigenvalue weighted by Gasteiger charge is 1.92. The highest BCUT2D eigenvalue weighted by Crippen LogP contribution is 2.07. The Morgan fingerprint density at radius 2 is 2.30 bits per heavy atom. The van der Waals surface area contributed by atoms with Crippen LogP contribution in [-0.2, 0) is 0 Å². The number of hydrogen-bond acceptors (Lipinski definition) is 3. The first-order valence-electron chi connectivity index (χ1n) is 2.93. The van der Waals surface area contributed by atoms with Crippen molar-refractivity contribution < 1.29 is 4.74 Å². The van der Waals surface area contributed by atoms with E-state index in [2.05, 4.69) is 25.9 Å². The molecule has 1 aromatic rings. The summed E-state index contributed by atoms with van der Waals surface area (Å²) >= 11 is 3.17. The Morgan fingerprint density at radius 3 is 2.80 bits per heavy atom.